The predicted molar refractivity (Wildman–Crippen MR) is 353 cm³/mol. The van der Waals surface area contributed by atoms with Gasteiger partial charge in [0.1, 0.15) is 13.2 Å². The third-order valence-corrected chi connectivity index (χ3v) is 17.3. The van der Waals surface area contributed by atoms with E-state index in [2.05, 4.69) is 32.9 Å². The van der Waals surface area contributed by atoms with Gasteiger partial charge in [-0.3, -0.25) is 14.4 Å². The molecule has 0 saturated heterocycles. The van der Waals surface area contributed by atoms with Crippen molar-refractivity contribution in [1.29, 1.82) is 0 Å². The van der Waals surface area contributed by atoms with Crippen LogP contribution in [0, 0.1) is 0 Å². The topological polar surface area (TPSA) is 78.9 Å². The van der Waals surface area contributed by atoms with Crippen molar-refractivity contribution in [3.8, 4) is 0 Å². The second-order valence-electron chi connectivity index (χ2n) is 25.6. The molecule has 0 rings (SSSR count). The number of unbranched alkanes of at least 4 members (excludes halogenated alkanes) is 57. The van der Waals surface area contributed by atoms with Crippen molar-refractivity contribution in [3.63, 3.8) is 0 Å². The molecule has 6 nitrogen and oxygen atoms in total. The Morgan fingerprint density at radius 1 is 0.235 bits per heavy atom. The minimum absolute atomic E-state index is 0.0655. The summed E-state index contributed by atoms with van der Waals surface area (Å²) in [5, 5.41) is 0. The van der Waals surface area contributed by atoms with Gasteiger partial charge in [0.2, 0.25) is 0 Å². The van der Waals surface area contributed by atoms with Gasteiger partial charge in [-0.1, -0.05) is 380 Å². The molecule has 0 radical (unpaired) electrons. The summed E-state index contributed by atoms with van der Waals surface area (Å²) in [6.07, 6.45) is 85.5. The second kappa shape index (κ2) is 70.6. The predicted octanol–water partition coefficient (Wildman–Crippen LogP) is 25.6. The Kier molecular flexibility index (Phi) is 69.0. The Hall–Kier alpha value is -1.85. The summed E-state index contributed by atoms with van der Waals surface area (Å²) in [5.74, 6) is -0.837. The highest BCUT2D eigenvalue weighted by Crippen LogP contribution is 2.20. The maximum absolute atomic E-state index is 13.0. The van der Waals surface area contributed by atoms with E-state index in [4.69, 9.17) is 14.2 Å². The third kappa shape index (κ3) is 68.8. The molecule has 0 heterocycles. The summed E-state index contributed by atoms with van der Waals surface area (Å²) in [6.45, 7) is 6.72. The quantitative estimate of drug-likeness (QED) is 0.0261. The molecule has 0 aromatic heterocycles. The highest BCUT2D eigenvalue weighted by atomic mass is 16.6. The molecular formula is C75H144O6. The van der Waals surface area contributed by atoms with Crippen molar-refractivity contribution < 1.29 is 28.6 Å². The van der Waals surface area contributed by atoms with Crippen molar-refractivity contribution in [2.45, 2.75) is 438 Å². The van der Waals surface area contributed by atoms with E-state index in [-0.39, 0.29) is 31.1 Å². The molecule has 1 atom stereocenters. The maximum atomic E-state index is 13.0. The van der Waals surface area contributed by atoms with Crippen molar-refractivity contribution in [3.05, 3.63) is 12.2 Å². The molecule has 0 bridgehead atoms. The largest absolute Gasteiger partial charge is 0.462 e. The third-order valence-electron chi connectivity index (χ3n) is 17.3. The summed E-state index contributed by atoms with van der Waals surface area (Å²) >= 11 is 0. The van der Waals surface area contributed by atoms with Crippen LogP contribution in [0.2, 0.25) is 0 Å². The number of carbonyl (C=O) groups is 3. The molecule has 0 N–H and O–H groups in total. The summed E-state index contributed by atoms with van der Waals surface area (Å²) in [6, 6.07) is 0. The van der Waals surface area contributed by atoms with Gasteiger partial charge in [-0.15, -0.1) is 0 Å². The molecule has 0 aliphatic rings. The van der Waals surface area contributed by atoms with Gasteiger partial charge < -0.3 is 14.2 Å². The Morgan fingerprint density at radius 2 is 0.407 bits per heavy atom. The summed E-state index contributed by atoms with van der Waals surface area (Å²) in [4.78, 5) is 38.5. The SMILES string of the molecule is CCCCCC/C=C\CCCCCCCC(=O)OCC(COC(=O)CCCCCCCCCCCCCCCCCCCCCCCCCCC)OC(=O)CCCCCCCCCCCCCCCCCCCCCCCCCCC. The Balaban J connectivity index is 4.18. The monoisotopic (exact) mass is 1140 g/mol. The Bertz CT molecular complexity index is 1260. The van der Waals surface area contributed by atoms with Crippen LogP contribution in [0.25, 0.3) is 0 Å². The number of hydrogen-bond donors (Lipinski definition) is 0. The lowest BCUT2D eigenvalue weighted by Gasteiger charge is -2.18. The van der Waals surface area contributed by atoms with Crippen LogP contribution in [0.4, 0.5) is 0 Å². The first kappa shape index (κ1) is 79.2. The van der Waals surface area contributed by atoms with Crippen LogP contribution in [0.15, 0.2) is 12.2 Å². The zero-order valence-corrected chi connectivity index (χ0v) is 55.4. The fourth-order valence-electron chi connectivity index (χ4n) is 11.7. The molecule has 1 unspecified atom stereocenters. The van der Waals surface area contributed by atoms with E-state index in [1.54, 1.807) is 0 Å². The van der Waals surface area contributed by atoms with E-state index < -0.39 is 6.10 Å². The average molecular weight is 1140 g/mol. The van der Waals surface area contributed by atoms with Crippen molar-refractivity contribution >= 4 is 17.9 Å². The van der Waals surface area contributed by atoms with Gasteiger partial charge in [0.05, 0.1) is 0 Å². The van der Waals surface area contributed by atoms with Crippen molar-refractivity contribution in [2.24, 2.45) is 0 Å². The minimum Gasteiger partial charge on any atom is -0.462 e. The number of ether oxygens (including phenoxy) is 3. The molecule has 0 aliphatic heterocycles. The van der Waals surface area contributed by atoms with E-state index in [0.717, 1.165) is 64.2 Å². The molecule has 0 spiro atoms. The molecular weight excluding hydrogens is 997 g/mol. The van der Waals surface area contributed by atoms with E-state index >= 15 is 0 Å². The number of allylic oxidation sites excluding steroid dienone is 2. The normalized spacial score (nSPS) is 12.0. The Labute approximate surface area is 507 Å². The standard InChI is InChI=1S/C75H144O6/c1-4-7-10-13-16-19-22-25-27-29-31-33-35-37-39-41-43-45-47-50-53-56-59-62-65-68-74(77)80-71-72(70-79-73(76)67-64-61-58-55-52-49-24-21-18-15-12-9-6-3)81-75(78)69-66-63-60-57-54-51-48-46-44-42-40-38-36-34-32-30-28-26-23-20-17-14-11-8-5-2/h21,24,72H,4-20,22-23,25-71H2,1-3H3/b24-21-. The van der Waals surface area contributed by atoms with Gasteiger partial charge in [0.25, 0.3) is 0 Å². The lowest BCUT2D eigenvalue weighted by molar-refractivity contribution is -0.167. The lowest BCUT2D eigenvalue weighted by atomic mass is 10.0. The van der Waals surface area contributed by atoms with Crippen molar-refractivity contribution in [1.82, 2.24) is 0 Å². The Morgan fingerprint density at radius 3 is 0.630 bits per heavy atom. The highest BCUT2D eigenvalue weighted by molar-refractivity contribution is 5.71. The first-order valence-electron chi connectivity index (χ1n) is 37.2. The number of hydrogen-bond acceptors (Lipinski definition) is 6. The van der Waals surface area contributed by atoms with Gasteiger partial charge in [-0.25, -0.2) is 0 Å². The van der Waals surface area contributed by atoms with Gasteiger partial charge in [0, 0.05) is 19.3 Å². The number of esters is 3. The fourth-order valence-corrected chi connectivity index (χ4v) is 11.7. The molecule has 0 aromatic carbocycles. The van der Waals surface area contributed by atoms with Crippen LogP contribution in [0.1, 0.15) is 432 Å². The van der Waals surface area contributed by atoms with Crippen molar-refractivity contribution in [2.75, 3.05) is 13.2 Å². The van der Waals surface area contributed by atoms with E-state index in [1.807, 2.05) is 0 Å². The van der Waals surface area contributed by atoms with Gasteiger partial charge in [-0.2, -0.15) is 0 Å². The van der Waals surface area contributed by atoms with Crippen LogP contribution in [-0.2, 0) is 28.6 Å². The minimum atomic E-state index is -0.770. The van der Waals surface area contributed by atoms with Crippen LogP contribution in [0.5, 0.6) is 0 Å². The van der Waals surface area contributed by atoms with E-state index in [1.165, 1.54) is 327 Å². The van der Waals surface area contributed by atoms with Gasteiger partial charge in [0.15, 0.2) is 6.10 Å². The van der Waals surface area contributed by atoms with Crippen LogP contribution < -0.4 is 0 Å². The van der Waals surface area contributed by atoms with E-state index in [9.17, 15) is 14.4 Å². The first-order valence-corrected chi connectivity index (χ1v) is 37.2. The summed E-state index contributed by atoms with van der Waals surface area (Å²) in [7, 11) is 0. The molecule has 480 valence electrons. The molecule has 6 heteroatoms. The average Bonchev–Trinajstić information content (AvgIpc) is 3.46. The molecule has 0 aliphatic carbocycles. The zero-order valence-electron chi connectivity index (χ0n) is 55.4. The molecule has 0 aromatic rings. The number of carbonyl (C=O) groups excluding carboxylic acids is 3. The summed E-state index contributed by atoms with van der Waals surface area (Å²) < 4.78 is 17.0. The zero-order chi connectivity index (χ0) is 58.5. The van der Waals surface area contributed by atoms with Crippen LogP contribution in [-0.4, -0.2) is 37.2 Å². The maximum Gasteiger partial charge on any atom is 0.306 e. The smallest absolute Gasteiger partial charge is 0.306 e. The van der Waals surface area contributed by atoms with Crippen LogP contribution >= 0.6 is 0 Å². The molecule has 0 saturated carbocycles. The summed E-state index contributed by atoms with van der Waals surface area (Å²) in [5.41, 5.74) is 0. The molecule has 0 amide bonds. The number of rotatable bonds is 70. The highest BCUT2D eigenvalue weighted by Gasteiger charge is 2.20. The van der Waals surface area contributed by atoms with Gasteiger partial charge in [-0.05, 0) is 44.9 Å². The van der Waals surface area contributed by atoms with E-state index in [0.29, 0.717) is 19.3 Å². The first-order chi connectivity index (χ1) is 40.0. The second-order valence-corrected chi connectivity index (χ2v) is 25.6. The molecule has 0 fully saturated rings. The molecule has 81 heavy (non-hydrogen) atoms. The van der Waals surface area contributed by atoms with Crippen LogP contribution in [0.3, 0.4) is 0 Å². The van der Waals surface area contributed by atoms with Gasteiger partial charge >= 0.3 is 17.9 Å². The fraction of sp³-hybridized carbons (Fsp3) is 0.933. The lowest BCUT2D eigenvalue weighted by Crippen LogP contribution is -2.30.